The second kappa shape index (κ2) is 8.87. The molecule has 3 rings (SSSR count). The first-order valence-electron chi connectivity index (χ1n) is 9.25. The average Bonchev–Trinajstić information content (AvgIpc) is 2.95. The van der Waals surface area contributed by atoms with Crippen LogP contribution in [0.5, 0.6) is 5.75 Å². The number of pyridine rings is 1. The number of nitrogens with one attached hydrogen (secondary N) is 2. The zero-order valence-electron chi connectivity index (χ0n) is 15.8. The van der Waals surface area contributed by atoms with Gasteiger partial charge >= 0.3 is 5.97 Å². The van der Waals surface area contributed by atoms with Gasteiger partial charge in [0.25, 0.3) is 0 Å². The molecule has 7 heteroatoms. The zero-order chi connectivity index (χ0) is 19.3. The van der Waals surface area contributed by atoms with Crippen LogP contribution in [-0.2, 0) is 16.0 Å². The fourth-order valence-electron chi connectivity index (χ4n) is 3.73. The first-order chi connectivity index (χ1) is 13.1. The van der Waals surface area contributed by atoms with Crippen molar-refractivity contribution in [2.24, 2.45) is 0 Å². The minimum atomic E-state index is -0.648. The lowest BCUT2D eigenvalue weighted by molar-refractivity contribution is -0.149. The van der Waals surface area contributed by atoms with Gasteiger partial charge in [-0.05, 0) is 62.5 Å². The molecule has 0 amide bonds. The van der Waals surface area contributed by atoms with Gasteiger partial charge in [-0.2, -0.15) is 0 Å². The van der Waals surface area contributed by atoms with Crippen LogP contribution in [0.3, 0.4) is 0 Å². The number of nitrogens with zero attached hydrogens (tertiary/aromatic N) is 1. The van der Waals surface area contributed by atoms with Gasteiger partial charge in [0.2, 0.25) is 0 Å². The van der Waals surface area contributed by atoms with Crippen molar-refractivity contribution in [3.63, 3.8) is 0 Å². The number of carbonyl (C=O) groups is 1. The highest BCUT2D eigenvalue weighted by Crippen LogP contribution is 2.28. The summed E-state index contributed by atoms with van der Waals surface area (Å²) < 4.78 is 10.4. The van der Waals surface area contributed by atoms with E-state index in [2.05, 4.69) is 15.6 Å². The van der Waals surface area contributed by atoms with E-state index in [4.69, 9.17) is 21.1 Å². The summed E-state index contributed by atoms with van der Waals surface area (Å²) in [4.78, 5) is 16.9. The van der Waals surface area contributed by atoms with E-state index in [0.717, 1.165) is 48.1 Å². The second-order valence-electron chi connectivity index (χ2n) is 6.82. The monoisotopic (exact) mass is 391 g/mol. The van der Waals surface area contributed by atoms with Crippen molar-refractivity contribution in [2.45, 2.75) is 31.2 Å². The summed E-state index contributed by atoms with van der Waals surface area (Å²) >= 11 is 6.44. The van der Waals surface area contributed by atoms with Crippen LogP contribution in [0.1, 0.15) is 24.8 Å². The summed E-state index contributed by atoms with van der Waals surface area (Å²) in [6, 6.07) is 5.76. The molecular formula is C20H26ClN3O3. The third-order valence-electron chi connectivity index (χ3n) is 5.23. The zero-order valence-corrected chi connectivity index (χ0v) is 16.6. The van der Waals surface area contributed by atoms with Gasteiger partial charge in [-0.1, -0.05) is 11.6 Å². The van der Waals surface area contributed by atoms with Crippen LogP contribution in [0.15, 0.2) is 24.4 Å². The lowest BCUT2D eigenvalue weighted by atomic mass is 9.90. The van der Waals surface area contributed by atoms with E-state index in [9.17, 15) is 4.79 Å². The number of halogens is 1. The molecule has 0 spiro atoms. The van der Waals surface area contributed by atoms with Gasteiger partial charge in [-0.25, -0.2) is 0 Å². The maximum Gasteiger partial charge on any atom is 0.326 e. The predicted molar refractivity (Wildman–Crippen MR) is 106 cm³/mol. The minimum absolute atomic E-state index is 0.196. The fourth-order valence-corrected chi connectivity index (χ4v) is 3.97. The van der Waals surface area contributed by atoms with Crippen molar-refractivity contribution >= 4 is 28.5 Å². The molecule has 6 nitrogen and oxygen atoms in total. The normalized spacial score (nSPS) is 20.3. The van der Waals surface area contributed by atoms with Gasteiger partial charge in [0.05, 0.1) is 24.8 Å². The molecule has 0 saturated carbocycles. The van der Waals surface area contributed by atoms with Gasteiger partial charge in [0, 0.05) is 18.1 Å². The van der Waals surface area contributed by atoms with Crippen molar-refractivity contribution in [3.05, 3.63) is 35.0 Å². The van der Waals surface area contributed by atoms with Crippen LogP contribution in [0.25, 0.3) is 10.9 Å². The number of fused-ring (bicyclic) bond motifs is 1. The summed E-state index contributed by atoms with van der Waals surface area (Å²) in [5.41, 5.74) is 1.22. The van der Waals surface area contributed by atoms with Crippen molar-refractivity contribution in [1.82, 2.24) is 15.6 Å². The van der Waals surface area contributed by atoms with Gasteiger partial charge in [-0.3, -0.25) is 9.78 Å². The summed E-state index contributed by atoms with van der Waals surface area (Å²) in [7, 11) is 3.09. The van der Waals surface area contributed by atoms with E-state index in [1.807, 2.05) is 18.2 Å². The van der Waals surface area contributed by atoms with E-state index in [1.165, 1.54) is 7.11 Å². The number of benzene rings is 1. The van der Waals surface area contributed by atoms with E-state index >= 15 is 0 Å². The Morgan fingerprint density at radius 2 is 2.19 bits per heavy atom. The summed E-state index contributed by atoms with van der Waals surface area (Å²) in [5.74, 6) is 0.570. The van der Waals surface area contributed by atoms with E-state index in [-0.39, 0.29) is 5.97 Å². The molecule has 0 aliphatic carbocycles. The lowest BCUT2D eigenvalue weighted by Gasteiger charge is -2.31. The van der Waals surface area contributed by atoms with Gasteiger partial charge in [0.1, 0.15) is 11.3 Å². The molecule has 0 radical (unpaired) electrons. The number of carbonyl (C=O) groups excluding carboxylic acids is 1. The molecule has 1 aromatic carbocycles. The number of methoxy groups -OCH3 is 2. The highest BCUT2D eigenvalue weighted by atomic mass is 35.5. The molecule has 1 unspecified atom stereocenters. The number of aromatic nitrogens is 1. The Hall–Kier alpha value is -1.89. The standard InChI is InChI=1S/C20H26ClN3O3/c1-26-14-4-5-18-16(12-14)15(17(21)13-23-18)6-10-24-20(19(25)27-2)7-3-9-22-11-8-20/h4-5,12-13,22,24H,3,6-11H2,1-2H3. The SMILES string of the molecule is COC(=O)C1(NCCc2c(Cl)cnc3ccc(OC)cc23)CCCNCC1. The van der Waals surface area contributed by atoms with E-state index in [0.29, 0.717) is 24.4 Å². The van der Waals surface area contributed by atoms with Crippen molar-refractivity contribution in [2.75, 3.05) is 33.9 Å². The molecule has 1 aliphatic heterocycles. The molecule has 2 heterocycles. The van der Waals surface area contributed by atoms with Gasteiger partial charge in [-0.15, -0.1) is 0 Å². The smallest absolute Gasteiger partial charge is 0.326 e. The number of esters is 1. The third-order valence-corrected chi connectivity index (χ3v) is 5.56. The molecule has 1 fully saturated rings. The molecule has 1 atom stereocenters. The largest absolute Gasteiger partial charge is 0.497 e. The summed E-state index contributed by atoms with van der Waals surface area (Å²) in [6.07, 6.45) is 4.75. The number of rotatable bonds is 6. The Balaban J connectivity index is 1.81. The number of ether oxygens (including phenoxy) is 2. The van der Waals surface area contributed by atoms with E-state index < -0.39 is 5.54 Å². The summed E-state index contributed by atoms with van der Waals surface area (Å²) in [5, 5.41) is 8.40. The first kappa shape index (κ1) is 19.9. The maximum absolute atomic E-state index is 12.5. The fraction of sp³-hybridized carbons (Fsp3) is 0.500. The second-order valence-corrected chi connectivity index (χ2v) is 7.23. The molecule has 2 aromatic rings. The van der Waals surface area contributed by atoms with Crippen molar-refractivity contribution in [1.29, 1.82) is 0 Å². The Labute approximate surface area is 164 Å². The quantitative estimate of drug-likeness (QED) is 0.738. The van der Waals surface area contributed by atoms with Crippen LogP contribution in [0.4, 0.5) is 0 Å². The van der Waals surface area contributed by atoms with Crippen molar-refractivity contribution in [3.8, 4) is 5.75 Å². The molecule has 2 N–H and O–H groups in total. The van der Waals surface area contributed by atoms with Crippen LogP contribution < -0.4 is 15.4 Å². The summed E-state index contributed by atoms with van der Waals surface area (Å²) in [6.45, 7) is 2.32. The van der Waals surface area contributed by atoms with Gasteiger partial charge in [0.15, 0.2) is 0 Å². The highest BCUT2D eigenvalue weighted by molar-refractivity contribution is 6.32. The topological polar surface area (TPSA) is 72.5 Å². The molecule has 146 valence electrons. The highest BCUT2D eigenvalue weighted by Gasteiger charge is 2.39. The first-order valence-corrected chi connectivity index (χ1v) is 9.63. The third kappa shape index (κ3) is 4.34. The molecule has 27 heavy (non-hydrogen) atoms. The average molecular weight is 392 g/mol. The Bertz CT molecular complexity index is 804. The number of hydrogen-bond donors (Lipinski definition) is 2. The number of hydrogen-bond acceptors (Lipinski definition) is 6. The Morgan fingerprint density at radius 3 is 2.96 bits per heavy atom. The van der Waals surface area contributed by atoms with Crippen LogP contribution in [-0.4, -0.2) is 50.3 Å². The van der Waals surface area contributed by atoms with Crippen LogP contribution in [0.2, 0.25) is 5.02 Å². The molecule has 1 aromatic heterocycles. The molecular weight excluding hydrogens is 366 g/mol. The van der Waals surface area contributed by atoms with Crippen LogP contribution in [0, 0.1) is 0 Å². The lowest BCUT2D eigenvalue weighted by Crippen LogP contribution is -2.53. The Kier molecular flexibility index (Phi) is 6.52. The predicted octanol–water partition coefficient (Wildman–Crippen LogP) is 2.71. The minimum Gasteiger partial charge on any atom is -0.497 e. The van der Waals surface area contributed by atoms with Gasteiger partial charge < -0.3 is 20.1 Å². The maximum atomic E-state index is 12.5. The van der Waals surface area contributed by atoms with Crippen LogP contribution >= 0.6 is 11.6 Å². The molecule has 0 bridgehead atoms. The Morgan fingerprint density at radius 1 is 1.33 bits per heavy atom. The van der Waals surface area contributed by atoms with Crippen molar-refractivity contribution < 1.29 is 14.3 Å². The molecule has 1 saturated heterocycles. The molecule has 1 aliphatic rings. The van der Waals surface area contributed by atoms with E-state index in [1.54, 1.807) is 13.3 Å².